The van der Waals surface area contributed by atoms with Gasteiger partial charge in [-0.25, -0.2) is 0 Å². The van der Waals surface area contributed by atoms with E-state index in [1.54, 1.807) is 0 Å². The minimum Gasteiger partial charge on any atom is -0.297 e. The number of carbonyl (C=O) groups excluding carboxylic acids is 1. The van der Waals surface area contributed by atoms with Gasteiger partial charge in [0, 0.05) is 14.6 Å². The van der Waals surface area contributed by atoms with E-state index in [1.165, 1.54) is 11.3 Å². The van der Waals surface area contributed by atoms with E-state index in [1.807, 2.05) is 18.2 Å². The first-order valence-electron chi connectivity index (χ1n) is 3.55. The van der Waals surface area contributed by atoms with Gasteiger partial charge in [-0.2, -0.15) is 0 Å². The number of fused-ring (bicyclic) bond motifs is 1. The maximum absolute atomic E-state index is 10.6. The van der Waals surface area contributed by atoms with E-state index >= 15 is 0 Å². The van der Waals surface area contributed by atoms with Crippen LogP contribution in [-0.2, 0) is 0 Å². The highest BCUT2D eigenvalue weighted by Crippen LogP contribution is 2.38. The third kappa shape index (κ3) is 1.41. The zero-order valence-corrected chi connectivity index (χ0v) is 9.54. The number of benzene rings is 1. The summed E-state index contributed by atoms with van der Waals surface area (Å²) < 4.78 is 1.83. The zero-order chi connectivity index (χ0) is 9.42. The lowest BCUT2D eigenvalue weighted by Crippen LogP contribution is -1.71. The molecule has 0 bridgehead atoms. The second kappa shape index (κ2) is 3.40. The smallest absolute Gasteiger partial charge is 0.161 e. The Morgan fingerprint density at radius 2 is 2.23 bits per heavy atom. The molecule has 0 spiro atoms. The van der Waals surface area contributed by atoms with Gasteiger partial charge in [0.1, 0.15) is 0 Å². The molecule has 0 fully saturated rings. The first-order chi connectivity index (χ1) is 6.24. The number of thiophene rings is 1. The Kier molecular flexibility index (Phi) is 2.41. The van der Waals surface area contributed by atoms with Crippen LogP contribution in [0.15, 0.2) is 22.7 Å². The number of carbonyl (C=O) groups is 1. The molecule has 0 radical (unpaired) electrons. The molecule has 0 aliphatic heterocycles. The standard InChI is InChI=1S/C9H4BrClOS/c10-9-7(4-12)13-6-3-1-2-5(11)8(6)9/h1-4H. The van der Waals surface area contributed by atoms with E-state index in [0.717, 1.165) is 20.8 Å². The molecule has 0 atom stereocenters. The van der Waals surface area contributed by atoms with E-state index in [4.69, 9.17) is 11.6 Å². The average molecular weight is 276 g/mol. The first kappa shape index (κ1) is 9.19. The van der Waals surface area contributed by atoms with Crippen LogP contribution in [0.2, 0.25) is 5.02 Å². The Balaban J connectivity index is 2.92. The molecule has 2 rings (SSSR count). The fraction of sp³-hybridized carbons (Fsp3) is 0. The highest BCUT2D eigenvalue weighted by molar-refractivity contribution is 9.10. The van der Waals surface area contributed by atoms with Crippen molar-refractivity contribution in [3.05, 3.63) is 32.6 Å². The summed E-state index contributed by atoms with van der Waals surface area (Å²) in [6.45, 7) is 0. The van der Waals surface area contributed by atoms with Gasteiger partial charge in [0.15, 0.2) is 6.29 Å². The Morgan fingerprint density at radius 3 is 2.85 bits per heavy atom. The van der Waals surface area contributed by atoms with Gasteiger partial charge in [-0.3, -0.25) is 4.79 Å². The maximum atomic E-state index is 10.6. The van der Waals surface area contributed by atoms with Crippen LogP contribution in [0.4, 0.5) is 0 Å². The molecule has 2 aromatic rings. The van der Waals surface area contributed by atoms with Crippen molar-refractivity contribution >= 4 is 55.2 Å². The van der Waals surface area contributed by atoms with Gasteiger partial charge in [-0.15, -0.1) is 11.3 Å². The molecule has 1 nitrogen and oxygen atoms in total. The minimum atomic E-state index is 0.675. The van der Waals surface area contributed by atoms with Crippen molar-refractivity contribution in [1.82, 2.24) is 0 Å². The van der Waals surface area contributed by atoms with Gasteiger partial charge in [0.25, 0.3) is 0 Å². The highest BCUT2D eigenvalue weighted by Gasteiger charge is 2.10. The molecule has 1 aromatic heterocycles. The van der Waals surface area contributed by atoms with E-state index in [2.05, 4.69) is 15.9 Å². The summed E-state index contributed by atoms with van der Waals surface area (Å²) in [6.07, 6.45) is 0.838. The summed E-state index contributed by atoms with van der Waals surface area (Å²) >= 11 is 10.8. The van der Waals surface area contributed by atoms with Gasteiger partial charge in [-0.1, -0.05) is 17.7 Å². The van der Waals surface area contributed by atoms with Gasteiger partial charge in [0.05, 0.1) is 9.90 Å². The summed E-state index contributed by atoms with van der Waals surface area (Å²) in [7, 11) is 0. The van der Waals surface area contributed by atoms with Crippen LogP contribution in [0.3, 0.4) is 0 Å². The zero-order valence-electron chi connectivity index (χ0n) is 6.38. The highest BCUT2D eigenvalue weighted by atomic mass is 79.9. The molecule has 0 aliphatic rings. The van der Waals surface area contributed by atoms with E-state index in [9.17, 15) is 4.79 Å². The molecule has 0 saturated heterocycles. The Bertz CT molecular complexity index is 478. The van der Waals surface area contributed by atoms with Gasteiger partial charge in [-0.05, 0) is 28.1 Å². The molecule has 1 heterocycles. The van der Waals surface area contributed by atoms with Gasteiger partial charge in [0.2, 0.25) is 0 Å². The molecule has 66 valence electrons. The average Bonchev–Trinajstić information content (AvgIpc) is 2.44. The summed E-state index contributed by atoms with van der Waals surface area (Å²) in [4.78, 5) is 11.3. The van der Waals surface area contributed by atoms with Crippen molar-refractivity contribution in [1.29, 1.82) is 0 Å². The third-order valence-corrected chi connectivity index (χ3v) is 4.22. The molecule has 0 N–H and O–H groups in total. The molecular formula is C9H4BrClOS. The van der Waals surface area contributed by atoms with Crippen LogP contribution in [-0.4, -0.2) is 6.29 Å². The molecule has 1 aromatic carbocycles. The van der Waals surface area contributed by atoms with Crippen LogP contribution in [0.1, 0.15) is 9.67 Å². The topological polar surface area (TPSA) is 17.1 Å². The van der Waals surface area contributed by atoms with Crippen molar-refractivity contribution in [2.24, 2.45) is 0 Å². The maximum Gasteiger partial charge on any atom is 0.161 e. The van der Waals surface area contributed by atoms with Crippen LogP contribution in [0.25, 0.3) is 10.1 Å². The second-order valence-electron chi connectivity index (χ2n) is 2.51. The van der Waals surface area contributed by atoms with Crippen LogP contribution in [0, 0.1) is 0 Å². The predicted octanol–water partition coefficient (Wildman–Crippen LogP) is 4.13. The predicted molar refractivity (Wildman–Crippen MR) is 59.9 cm³/mol. The SMILES string of the molecule is O=Cc1sc2cccc(Cl)c2c1Br. The molecule has 0 unspecified atom stereocenters. The summed E-state index contributed by atoms with van der Waals surface area (Å²) in [5, 5.41) is 1.60. The number of halogens is 2. The summed E-state index contributed by atoms with van der Waals surface area (Å²) in [5.41, 5.74) is 0. The van der Waals surface area contributed by atoms with Crippen LogP contribution < -0.4 is 0 Å². The van der Waals surface area contributed by atoms with E-state index in [0.29, 0.717) is 9.90 Å². The number of aldehydes is 1. The van der Waals surface area contributed by atoms with Gasteiger partial charge >= 0.3 is 0 Å². The van der Waals surface area contributed by atoms with Crippen LogP contribution in [0.5, 0.6) is 0 Å². The summed E-state index contributed by atoms with van der Waals surface area (Å²) in [5.74, 6) is 0. The molecular weight excluding hydrogens is 272 g/mol. The van der Waals surface area contributed by atoms with Crippen molar-refractivity contribution in [2.45, 2.75) is 0 Å². The lowest BCUT2D eigenvalue weighted by molar-refractivity contribution is 0.112. The Hall–Kier alpha value is -0.380. The lowest BCUT2D eigenvalue weighted by atomic mass is 10.2. The van der Waals surface area contributed by atoms with Gasteiger partial charge < -0.3 is 0 Å². The fourth-order valence-electron chi connectivity index (χ4n) is 1.16. The van der Waals surface area contributed by atoms with E-state index in [-0.39, 0.29) is 0 Å². The summed E-state index contributed by atoms with van der Waals surface area (Å²) in [6, 6.07) is 5.64. The fourth-order valence-corrected chi connectivity index (χ4v) is 3.44. The number of rotatable bonds is 1. The van der Waals surface area contributed by atoms with Crippen LogP contribution >= 0.6 is 38.9 Å². The monoisotopic (exact) mass is 274 g/mol. The van der Waals surface area contributed by atoms with E-state index < -0.39 is 0 Å². The lowest BCUT2D eigenvalue weighted by Gasteiger charge is -1.92. The Morgan fingerprint density at radius 1 is 1.46 bits per heavy atom. The molecule has 0 amide bonds. The second-order valence-corrected chi connectivity index (χ2v) is 4.80. The minimum absolute atomic E-state index is 0.675. The van der Waals surface area contributed by atoms with Crippen molar-refractivity contribution in [2.75, 3.05) is 0 Å². The quantitative estimate of drug-likeness (QED) is 0.715. The normalized spacial score (nSPS) is 10.6. The molecule has 4 heteroatoms. The molecule has 13 heavy (non-hydrogen) atoms. The van der Waals surface area contributed by atoms with Crippen molar-refractivity contribution < 1.29 is 4.79 Å². The first-order valence-corrected chi connectivity index (χ1v) is 5.54. The third-order valence-electron chi connectivity index (χ3n) is 1.74. The number of hydrogen-bond donors (Lipinski definition) is 0. The largest absolute Gasteiger partial charge is 0.297 e. The van der Waals surface area contributed by atoms with Crippen molar-refractivity contribution in [3.8, 4) is 0 Å². The molecule has 0 saturated carbocycles. The number of hydrogen-bond acceptors (Lipinski definition) is 2. The Labute approximate surface area is 92.5 Å². The molecule has 0 aliphatic carbocycles. The van der Waals surface area contributed by atoms with Crippen molar-refractivity contribution in [3.63, 3.8) is 0 Å².